The number of halogens is 1. The van der Waals surface area contributed by atoms with Crippen LogP contribution in [0.2, 0.25) is 0 Å². The molecule has 1 N–H and O–H groups in total. The molecular weight excluding hydrogens is 626 g/mol. The predicted octanol–water partition coefficient (Wildman–Crippen LogP) is 5.71. The second kappa shape index (κ2) is 15.3. The number of benzene rings is 3. The van der Waals surface area contributed by atoms with Crippen molar-refractivity contribution < 1.29 is 22.7 Å². The highest BCUT2D eigenvalue weighted by Gasteiger charge is 2.33. The number of nitrogens with one attached hydrogen (secondary N) is 1. The molecular formula is C30H36BrN3O5S2. The summed E-state index contributed by atoms with van der Waals surface area (Å²) in [4.78, 5) is 29.4. The van der Waals surface area contributed by atoms with Crippen molar-refractivity contribution in [2.75, 3.05) is 30.3 Å². The van der Waals surface area contributed by atoms with Crippen molar-refractivity contribution in [2.24, 2.45) is 0 Å². The summed E-state index contributed by atoms with van der Waals surface area (Å²) >= 11 is 4.92. The average Bonchev–Trinajstić information content (AvgIpc) is 2.98. The molecule has 0 aliphatic carbocycles. The van der Waals surface area contributed by atoms with Crippen LogP contribution in [0.25, 0.3) is 0 Å². The van der Waals surface area contributed by atoms with E-state index in [1.807, 2.05) is 37.4 Å². The quantitative estimate of drug-likeness (QED) is 0.223. The molecule has 0 fully saturated rings. The van der Waals surface area contributed by atoms with E-state index < -0.39 is 28.5 Å². The van der Waals surface area contributed by atoms with Gasteiger partial charge in [-0.05, 0) is 80.6 Å². The number of thioether (sulfide) groups is 1. The highest BCUT2D eigenvalue weighted by molar-refractivity contribution is 9.10. The van der Waals surface area contributed by atoms with Crippen LogP contribution in [0.5, 0.6) is 5.75 Å². The van der Waals surface area contributed by atoms with Gasteiger partial charge < -0.3 is 15.0 Å². The summed E-state index contributed by atoms with van der Waals surface area (Å²) in [6, 6.07) is 19.8. The molecule has 0 radical (unpaired) electrons. The molecule has 0 saturated carbocycles. The lowest BCUT2D eigenvalue weighted by Crippen LogP contribution is -2.51. The van der Waals surface area contributed by atoms with Crippen LogP contribution in [0.1, 0.15) is 32.8 Å². The predicted molar refractivity (Wildman–Crippen MR) is 168 cm³/mol. The van der Waals surface area contributed by atoms with Crippen LogP contribution in [-0.2, 0) is 26.2 Å². The first-order valence-corrected chi connectivity index (χ1v) is 16.8. The molecule has 1 atom stereocenters. The zero-order chi connectivity index (χ0) is 30.0. The molecule has 220 valence electrons. The van der Waals surface area contributed by atoms with Gasteiger partial charge in [0, 0.05) is 22.5 Å². The minimum atomic E-state index is -4.20. The third-order valence-corrected chi connectivity index (χ3v) is 9.39. The summed E-state index contributed by atoms with van der Waals surface area (Å²) < 4.78 is 35.9. The Hall–Kier alpha value is -3.02. The third kappa shape index (κ3) is 8.50. The van der Waals surface area contributed by atoms with Gasteiger partial charge in [0.2, 0.25) is 11.8 Å². The van der Waals surface area contributed by atoms with E-state index in [1.54, 1.807) is 50.2 Å². The molecule has 0 aliphatic rings. The van der Waals surface area contributed by atoms with Crippen molar-refractivity contribution >= 4 is 55.2 Å². The van der Waals surface area contributed by atoms with Gasteiger partial charge in [0.15, 0.2) is 0 Å². The van der Waals surface area contributed by atoms with Gasteiger partial charge in [0.05, 0.1) is 17.2 Å². The van der Waals surface area contributed by atoms with Crippen molar-refractivity contribution in [1.29, 1.82) is 0 Å². The topological polar surface area (TPSA) is 96.0 Å². The number of amides is 2. The van der Waals surface area contributed by atoms with Gasteiger partial charge in [-0.3, -0.25) is 13.9 Å². The second-order valence-electron chi connectivity index (χ2n) is 9.20. The van der Waals surface area contributed by atoms with Crippen molar-refractivity contribution in [3.05, 3.63) is 82.8 Å². The third-order valence-electron chi connectivity index (χ3n) is 6.34. The van der Waals surface area contributed by atoms with Crippen molar-refractivity contribution in [1.82, 2.24) is 10.2 Å². The Bertz CT molecular complexity index is 1420. The van der Waals surface area contributed by atoms with Gasteiger partial charge in [-0.1, -0.05) is 47.1 Å². The van der Waals surface area contributed by atoms with Crippen LogP contribution in [0.3, 0.4) is 0 Å². The Kier molecular flexibility index (Phi) is 12.1. The molecule has 3 aromatic rings. The first kappa shape index (κ1) is 32.5. The molecule has 3 aromatic carbocycles. The molecule has 8 nitrogen and oxygen atoms in total. The molecule has 0 unspecified atom stereocenters. The van der Waals surface area contributed by atoms with E-state index in [1.165, 1.54) is 28.8 Å². The number of sulfonamides is 1. The Morgan fingerprint density at radius 3 is 2.27 bits per heavy atom. The number of anilines is 1. The maximum atomic E-state index is 14.1. The lowest BCUT2D eigenvalue weighted by Gasteiger charge is -2.32. The Morgan fingerprint density at radius 2 is 1.66 bits per heavy atom. The van der Waals surface area contributed by atoms with Gasteiger partial charge in [-0.25, -0.2) is 8.42 Å². The highest BCUT2D eigenvalue weighted by atomic mass is 79.9. The minimum absolute atomic E-state index is 0.0441. The van der Waals surface area contributed by atoms with Gasteiger partial charge in [0.25, 0.3) is 10.0 Å². The van der Waals surface area contributed by atoms with Crippen molar-refractivity contribution in [3.8, 4) is 5.75 Å². The van der Waals surface area contributed by atoms with Gasteiger partial charge in [-0.2, -0.15) is 0 Å². The number of hydrogen-bond donors (Lipinski definition) is 1. The normalized spacial score (nSPS) is 11.9. The van der Waals surface area contributed by atoms with Gasteiger partial charge >= 0.3 is 0 Å². The summed E-state index contributed by atoms with van der Waals surface area (Å²) in [6.07, 6.45) is 2.65. The number of para-hydroxylation sites is 2. The summed E-state index contributed by atoms with van der Waals surface area (Å²) in [7, 11) is -4.20. The fourth-order valence-electron chi connectivity index (χ4n) is 4.09. The fourth-order valence-corrected chi connectivity index (χ4v) is 6.19. The molecule has 0 saturated heterocycles. The Morgan fingerprint density at radius 1 is 1.00 bits per heavy atom. The Balaban J connectivity index is 2.07. The van der Waals surface area contributed by atoms with E-state index in [-0.39, 0.29) is 23.0 Å². The van der Waals surface area contributed by atoms with Crippen LogP contribution in [-0.4, -0.2) is 57.1 Å². The monoisotopic (exact) mass is 661 g/mol. The van der Waals surface area contributed by atoms with Crippen molar-refractivity contribution in [2.45, 2.75) is 49.6 Å². The van der Waals surface area contributed by atoms with E-state index >= 15 is 0 Å². The molecule has 0 bridgehead atoms. The number of nitrogens with zero attached hydrogens (tertiary/aromatic N) is 2. The minimum Gasteiger partial charge on any atom is -0.492 e. The van der Waals surface area contributed by atoms with Crippen LogP contribution in [0.15, 0.2) is 87.1 Å². The molecule has 2 amide bonds. The van der Waals surface area contributed by atoms with Crippen LogP contribution in [0.4, 0.5) is 5.69 Å². The summed E-state index contributed by atoms with van der Waals surface area (Å²) in [5, 5.41) is 2.85. The molecule has 0 aliphatic heterocycles. The first-order chi connectivity index (χ1) is 19.6. The Labute approximate surface area is 255 Å². The molecule has 3 rings (SSSR count). The number of rotatable bonds is 14. The van der Waals surface area contributed by atoms with E-state index in [2.05, 4.69) is 21.2 Å². The largest absolute Gasteiger partial charge is 0.492 e. The molecule has 0 aromatic heterocycles. The van der Waals surface area contributed by atoms with Crippen LogP contribution in [0, 0.1) is 0 Å². The van der Waals surface area contributed by atoms with Crippen LogP contribution < -0.4 is 14.4 Å². The van der Waals surface area contributed by atoms with Crippen molar-refractivity contribution in [3.63, 3.8) is 0 Å². The maximum absolute atomic E-state index is 14.1. The SMILES string of the molecule is CCCNC(=O)[C@@H](C)N(Cc1ccc(Br)cc1)C(=O)CN(c1ccccc1OCC)S(=O)(=O)c1ccc(SC)cc1. The van der Waals surface area contributed by atoms with Gasteiger partial charge in [0.1, 0.15) is 18.3 Å². The number of ether oxygens (including phenoxy) is 1. The van der Waals surface area contributed by atoms with Crippen LogP contribution >= 0.6 is 27.7 Å². The number of carbonyl (C=O) groups is 2. The van der Waals surface area contributed by atoms with E-state index in [4.69, 9.17) is 4.74 Å². The number of hydrogen-bond acceptors (Lipinski definition) is 6. The lowest BCUT2D eigenvalue weighted by molar-refractivity contribution is -0.139. The standard InChI is InChI=1S/C30H36BrN3O5S2/c1-5-19-32-30(36)22(3)33(20-23-11-13-24(31)14-12-23)29(35)21-34(27-9-7-8-10-28(27)39-6-2)41(37,38)26-17-15-25(40-4)16-18-26/h7-18,22H,5-6,19-21H2,1-4H3,(H,32,36)/t22-/m1/s1. The van der Waals surface area contributed by atoms with E-state index in [0.717, 1.165) is 25.7 Å². The second-order valence-corrected chi connectivity index (χ2v) is 12.9. The summed E-state index contributed by atoms with van der Waals surface area (Å²) in [5.41, 5.74) is 1.04. The van der Waals surface area contributed by atoms with E-state index in [9.17, 15) is 18.0 Å². The summed E-state index contributed by atoms with van der Waals surface area (Å²) in [5.74, 6) is -0.503. The molecule has 41 heavy (non-hydrogen) atoms. The van der Waals surface area contributed by atoms with E-state index in [0.29, 0.717) is 18.9 Å². The average molecular weight is 663 g/mol. The number of carbonyl (C=O) groups excluding carboxylic acids is 2. The summed E-state index contributed by atoms with van der Waals surface area (Å²) in [6.45, 7) is 5.77. The lowest BCUT2D eigenvalue weighted by atomic mass is 10.1. The zero-order valence-corrected chi connectivity index (χ0v) is 26.9. The molecule has 0 heterocycles. The maximum Gasteiger partial charge on any atom is 0.264 e. The smallest absolute Gasteiger partial charge is 0.264 e. The molecule has 0 spiro atoms. The fraction of sp³-hybridized carbons (Fsp3) is 0.333. The molecule has 11 heteroatoms. The highest BCUT2D eigenvalue weighted by Crippen LogP contribution is 2.33. The van der Waals surface area contributed by atoms with Gasteiger partial charge in [-0.15, -0.1) is 11.8 Å². The first-order valence-electron chi connectivity index (χ1n) is 13.3. The zero-order valence-electron chi connectivity index (χ0n) is 23.7.